The minimum absolute atomic E-state index is 0.385. The van der Waals surface area contributed by atoms with Gasteiger partial charge in [-0.1, -0.05) is 29.3 Å². The molecular formula is C15H15Cl2NO2. The van der Waals surface area contributed by atoms with Crippen LogP contribution < -0.4 is 15.2 Å². The highest BCUT2D eigenvalue weighted by Gasteiger charge is 2.03. The molecule has 0 aromatic heterocycles. The number of nitrogens with two attached hydrogens (primary N) is 1. The van der Waals surface area contributed by atoms with E-state index in [1.54, 1.807) is 24.3 Å². The first-order chi connectivity index (χ1) is 9.56. The normalized spacial score (nSPS) is 10.3. The van der Waals surface area contributed by atoms with Crippen LogP contribution in [0.4, 0.5) is 5.69 Å². The highest BCUT2D eigenvalue weighted by Crippen LogP contribution is 2.27. The molecule has 0 aliphatic rings. The largest absolute Gasteiger partial charge is 0.490 e. The summed E-state index contributed by atoms with van der Waals surface area (Å²) in [4.78, 5) is 0. The summed E-state index contributed by atoms with van der Waals surface area (Å²) in [5.74, 6) is 1.35. The summed E-state index contributed by atoms with van der Waals surface area (Å²) in [5.41, 5.74) is 7.42. The van der Waals surface area contributed by atoms with Gasteiger partial charge in [0.25, 0.3) is 0 Å². The summed E-state index contributed by atoms with van der Waals surface area (Å²) in [6.07, 6.45) is 0. The minimum Gasteiger partial charge on any atom is -0.490 e. The molecule has 0 aliphatic heterocycles. The summed E-state index contributed by atoms with van der Waals surface area (Å²) in [5, 5.41) is 1.06. The van der Waals surface area contributed by atoms with E-state index < -0.39 is 0 Å². The van der Waals surface area contributed by atoms with Gasteiger partial charge in [-0.25, -0.2) is 0 Å². The highest BCUT2D eigenvalue weighted by atomic mass is 35.5. The lowest BCUT2D eigenvalue weighted by Gasteiger charge is -2.11. The monoisotopic (exact) mass is 311 g/mol. The Balaban J connectivity index is 1.86. The van der Waals surface area contributed by atoms with Crippen molar-refractivity contribution < 1.29 is 9.47 Å². The standard InChI is InChI=1S/C15H15Cl2NO2/c1-10-2-4-12(18)9-15(10)20-7-6-19-14-5-3-11(16)8-13(14)17/h2-5,8-9H,6-7,18H2,1H3. The lowest BCUT2D eigenvalue weighted by atomic mass is 10.2. The summed E-state index contributed by atoms with van der Waals surface area (Å²) in [7, 11) is 0. The zero-order valence-corrected chi connectivity index (χ0v) is 12.5. The maximum absolute atomic E-state index is 6.00. The summed E-state index contributed by atoms with van der Waals surface area (Å²) >= 11 is 11.8. The van der Waals surface area contributed by atoms with Crippen molar-refractivity contribution in [2.75, 3.05) is 18.9 Å². The number of hydrogen-bond donors (Lipinski definition) is 1. The van der Waals surface area contributed by atoms with Gasteiger partial charge >= 0.3 is 0 Å². The molecule has 3 nitrogen and oxygen atoms in total. The van der Waals surface area contributed by atoms with Crippen molar-refractivity contribution in [2.24, 2.45) is 0 Å². The molecule has 0 saturated heterocycles. The Kier molecular flexibility index (Phi) is 4.99. The Labute approximate surface area is 128 Å². The van der Waals surface area contributed by atoms with Crippen LogP contribution >= 0.6 is 23.2 Å². The van der Waals surface area contributed by atoms with E-state index in [4.69, 9.17) is 38.4 Å². The van der Waals surface area contributed by atoms with E-state index >= 15 is 0 Å². The fraction of sp³-hybridized carbons (Fsp3) is 0.200. The van der Waals surface area contributed by atoms with E-state index in [0.29, 0.717) is 34.7 Å². The van der Waals surface area contributed by atoms with Crippen molar-refractivity contribution in [1.82, 2.24) is 0 Å². The number of aryl methyl sites for hydroxylation is 1. The Morgan fingerprint density at radius 2 is 1.65 bits per heavy atom. The average Bonchev–Trinajstić information content (AvgIpc) is 2.40. The molecule has 0 radical (unpaired) electrons. The highest BCUT2D eigenvalue weighted by molar-refractivity contribution is 6.35. The quantitative estimate of drug-likeness (QED) is 0.660. The predicted molar refractivity (Wildman–Crippen MR) is 83.0 cm³/mol. The Morgan fingerprint density at radius 3 is 2.35 bits per heavy atom. The van der Waals surface area contributed by atoms with Gasteiger partial charge in [0.1, 0.15) is 24.7 Å². The molecule has 0 atom stereocenters. The number of anilines is 1. The van der Waals surface area contributed by atoms with Crippen molar-refractivity contribution in [1.29, 1.82) is 0 Å². The van der Waals surface area contributed by atoms with Gasteiger partial charge in [0, 0.05) is 16.8 Å². The summed E-state index contributed by atoms with van der Waals surface area (Å²) in [6.45, 7) is 2.75. The maximum Gasteiger partial charge on any atom is 0.138 e. The van der Waals surface area contributed by atoms with Crippen molar-refractivity contribution in [3.8, 4) is 11.5 Å². The van der Waals surface area contributed by atoms with Crippen molar-refractivity contribution in [2.45, 2.75) is 6.92 Å². The van der Waals surface area contributed by atoms with E-state index in [0.717, 1.165) is 11.3 Å². The molecule has 0 fully saturated rings. The molecule has 2 aromatic rings. The van der Waals surface area contributed by atoms with Crippen LogP contribution in [0.1, 0.15) is 5.56 Å². The van der Waals surface area contributed by atoms with E-state index in [9.17, 15) is 0 Å². The number of benzene rings is 2. The molecule has 0 aliphatic carbocycles. The van der Waals surface area contributed by atoms with Gasteiger partial charge in [0.05, 0.1) is 5.02 Å². The van der Waals surface area contributed by atoms with Gasteiger partial charge in [-0.05, 0) is 36.8 Å². The van der Waals surface area contributed by atoms with Crippen molar-refractivity contribution >= 4 is 28.9 Å². The number of hydrogen-bond acceptors (Lipinski definition) is 3. The van der Waals surface area contributed by atoms with E-state index in [1.165, 1.54) is 0 Å². The molecule has 20 heavy (non-hydrogen) atoms. The molecule has 0 saturated carbocycles. The molecular weight excluding hydrogens is 297 g/mol. The number of nitrogen functional groups attached to an aromatic ring is 1. The molecule has 0 unspecified atom stereocenters. The second kappa shape index (κ2) is 6.73. The Hall–Kier alpha value is -1.58. The van der Waals surface area contributed by atoms with Crippen molar-refractivity contribution in [3.05, 3.63) is 52.0 Å². The van der Waals surface area contributed by atoms with Gasteiger partial charge in [0.15, 0.2) is 0 Å². The molecule has 106 valence electrons. The smallest absolute Gasteiger partial charge is 0.138 e. The lowest BCUT2D eigenvalue weighted by Crippen LogP contribution is -2.10. The zero-order valence-electron chi connectivity index (χ0n) is 11.0. The zero-order chi connectivity index (χ0) is 14.5. The second-order valence-corrected chi connectivity index (χ2v) is 5.14. The van der Waals surface area contributed by atoms with Crippen molar-refractivity contribution in [3.63, 3.8) is 0 Å². The van der Waals surface area contributed by atoms with E-state index in [2.05, 4.69) is 0 Å². The Morgan fingerprint density at radius 1 is 0.950 bits per heavy atom. The SMILES string of the molecule is Cc1ccc(N)cc1OCCOc1ccc(Cl)cc1Cl. The van der Waals surface area contributed by atoms with Crippen LogP contribution in [0.2, 0.25) is 10.0 Å². The Bertz CT molecular complexity index is 602. The van der Waals surface area contributed by atoms with Crippen LogP contribution in [0, 0.1) is 6.92 Å². The first-order valence-corrected chi connectivity index (χ1v) is 6.88. The molecule has 0 amide bonds. The molecule has 2 N–H and O–H groups in total. The first kappa shape index (κ1) is 14.8. The summed E-state index contributed by atoms with van der Waals surface area (Å²) in [6, 6.07) is 10.7. The molecule has 0 spiro atoms. The molecule has 2 rings (SSSR count). The van der Waals surface area contributed by atoms with Gasteiger partial charge in [-0.3, -0.25) is 0 Å². The van der Waals surface area contributed by atoms with E-state index in [1.807, 2.05) is 19.1 Å². The third-order valence-electron chi connectivity index (χ3n) is 2.70. The fourth-order valence-corrected chi connectivity index (χ4v) is 2.13. The van der Waals surface area contributed by atoms with Gasteiger partial charge < -0.3 is 15.2 Å². The molecule has 5 heteroatoms. The van der Waals surface area contributed by atoms with Gasteiger partial charge in [-0.2, -0.15) is 0 Å². The van der Waals surface area contributed by atoms with E-state index in [-0.39, 0.29) is 0 Å². The third kappa shape index (κ3) is 3.95. The first-order valence-electron chi connectivity index (χ1n) is 6.13. The molecule has 2 aromatic carbocycles. The second-order valence-electron chi connectivity index (χ2n) is 4.30. The van der Waals surface area contributed by atoms with Crippen LogP contribution in [-0.4, -0.2) is 13.2 Å². The third-order valence-corrected chi connectivity index (χ3v) is 3.24. The maximum atomic E-state index is 6.00. The number of rotatable bonds is 5. The average molecular weight is 312 g/mol. The van der Waals surface area contributed by atoms with Gasteiger partial charge in [-0.15, -0.1) is 0 Å². The summed E-state index contributed by atoms with van der Waals surface area (Å²) < 4.78 is 11.2. The topological polar surface area (TPSA) is 44.5 Å². The molecule has 0 bridgehead atoms. The lowest BCUT2D eigenvalue weighted by molar-refractivity contribution is 0.216. The fourth-order valence-electron chi connectivity index (χ4n) is 1.67. The minimum atomic E-state index is 0.385. The molecule has 0 heterocycles. The van der Waals surface area contributed by atoms with Crippen LogP contribution in [0.5, 0.6) is 11.5 Å². The van der Waals surface area contributed by atoms with Crippen LogP contribution in [-0.2, 0) is 0 Å². The van der Waals surface area contributed by atoms with Crippen LogP contribution in [0.3, 0.4) is 0 Å². The van der Waals surface area contributed by atoms with Crippen LogP contribution in [0.15, 0.2) is 36.4 Å². The van der Waals surface area contributed by atoms with Gasteiger partial charge in [0.2, 0.25) is 0 Å². The van der Waals surface area contributed by atoms with Crippen LogP contribution in [0.25, 0.3) is 0 Å². The number of halogens is 2. The predicted octanol–water partition coefficient (Wildman–Crippen LogP) is 4.34. The number of ether oxygens (including phenoxy) is 2.